The molecule has 3 rings (SSSR count). The van der Waals surface area contributed by atoms with Gasteiger partial charge in [0.15, 0.2) is 5.58 Å². The number of rotatable bonds is 1. The van der Waals surface area contributed by atoms with E-state index >= 15 is 0 Å². The van der Waals surface area contributed by atoms with Crippen LogP contribution in [0.1, 0.15) is 0 Å². The molecule has 3 nitrogen and oxygen atoms in total. The monoisotopic (exact) mass is 497 g/mol. The van der Waals surface area contributed by atoms with Crippen molar-refractivity contribution in [3.05, 3.63) is 42.5 Å². The van der Waals surface area contributed by atoms with Gasteiger partial charge < -0.3 is 9.52 Å². The highest BCUT2D eigenvalue weighted by molar-refractivity contribution is 14.1. The molecule has 0 aliphatic carbocycles. The summed E-state index contributed by atoms with van der Waals surface area (Å²) in [6.07, 6.45) is 0. The molecule has 0 saturated heterocycles. The number of halogens is 3. The fourth-order valence-corrected chi connectivity index (χ4v) is 3.70. The van der Waals surface area contributed by atoms with Crippen LogP contribution in [0.2, 0.25) is 5.02 Å². The van der Waals surface area contributed by atoms with E-state index in [4.69, 9.17) is 16.0 Å². The molecule has 1 heterocycles. The minimum absolute atomic E-state index is 0.277. The second-order valence-corrected chi connectivity index (χ2v) is 6.63. The van der Waals surface area contributed by atoms with E-state index in [1.165, 1.54) is 0 Å². The molecule has 3 aromatic rings. The van der Waals surface area contributed by atoms with Crippen molar-refractivity contribution < 1.29 is 9.52 Å². The van der Waals surface area contributed by atoms with Crippen LogP contribution in [0.25, 0.3) is 22.6 Å². The van der Waals surface area contributed by atoms with E-state index in [1.807, 2.05) is 24.3 Å². The first-order chi connectivity index (χ1) is 9.06. The van der Waals surface area contributed by atoms with E-state index in [1.54, 1.807) is 6.07 Å². The molecule has 0 amide bonds. The maximum absolute atomic E-state index is 9.77. The third-order valence-corrected chi connectivity index (χ3v) is 4.57. The SMILES string of the molecule is Oc1c(I)cc(-c2nc3cccc(Cl)c3o2)cc1I. The molecule has 96 valence electrons. The standard InChI is InChI=1S/C13H6ClI2NO2/c14-7-2-1-3-10-12(7)19-13(17-10)6-4-8(15)11(18)9(16)5-6/h1-5,18H. The quantitative estimate of drug-likeness (QED) is 0.478. The van der Waals surface area contributed by atoms with Crippen LogP contribution in [-0.2, 0) is 0 Å². The van der Waals surface area contributed by atoms with Gasteiger partial charge in [0.25, 0.3) is 0 Å². The number of para-hydroxylation sites is 1. The van der Waals surface area contributed by atoms with Crippen molar-refractivity contribution in [2.24, 2.45) is 0 Å². The number of nitrogens with zero attached hydrogens (tertiary/aromatic N) is 1. The molecule has 0 fully saturated rings. The predicted molar refractivity (Wildman–Crippen MR) is 91.6 cm³/mol. The molecule has 19 heavy (non-hydrogen) atoms. The van der Waals surface area contributed by atoms with E-state index in [2.05, 4.69) is 50.2 Å². The van der Waals surface area contributed by atoms with Crippen molar-refractivity contribution in [2.75, 3.05) is 0 Å². The summed E-state index contributed by atoms with van der Waals surface area (Å²) in [7, 11) is 0. The minimum atomic E-state index is 0.277. The van der Waals surface area contributed by atoms with Gasteiger partial charge in [0.1, 0.15) is 11.3 Å². The summed E-state index contributed by atoms with van der Waals surface area (Å²) in [5, 5.41) is 10.3. The zero-order chi connectivity index (χ0) is 13.6. The van der Waals surface area contributed by atoms with E-state index < -0.39 is 0 Å². The fourth-order valence-electron chi connectivity index (χ4n) is 1.73. The van der Waals surface area contributed by atoms with Gasteiger partial charge in [-0.2, -0.15) is 0 Å². The number of phenolic OH excluding ortho intramolecular Hbond substituents is 1. The Kier molecular flexibility index (Phi) is 3.61. The Labute approximate surface area is 141 Å². The number of phenols is 1. The molecule has 0 unspecified atom stereocenters. The maximum atomic E-state index is 9.77. The van der Waals surface area contributed by atoms with E-state index in [0.29, 0.717) is 16.5 Å². The molecule has 0 radical (unpaired) electrons. The summed E-state index contributed by atoms with van der Waals surface area (Å²) in [5.41, 5.74) is 2.12. The number of aromatic hydroxyl groups is 1. The smallest absolute Gasteiger partial charge is 0.227 e. The van der Waals surface area contributed by atoms with Crippen LogP contribution in [0, 0.1) is 7.14 Å². The Hall–Kier alpha value is -0.540. The lowest BCUT2D eigenvalue weighted by Gasteiger charge is -2.02. The van der Waals surface area contributed by atoms with E-state index in [0.717, 1.165) is 18.2 Å². The number of hydrogen-bond donors (Lipinski definition) is 1. The van der Waals surface area contributed by atoms with Crippen LogP contribution in [-0.4, -0.2) is 10.1 Å². The van der Waals surface area contributed by atoms with Crippen molar-refractivity contribution in [1.82, 2.24) is 4.98 Å². The molecular formula is C13H6ClI2NO2. The largest absolute Gasteiger partial charge is 0.506 e. The van der Waals surface area contributed by atoms with Crippen LogP contribution in [0.5, 0.6) is 5.75 Å². The highest BCUT2D eigenvalue weighted by Crippen LogP contribution is 2.34. The molecule has 2 aromatic carbocycles. The summed E-state index contributed by atoms with van der Waals surface area (Å²) in [6, 6.07) is 9.11. The molecule has 0 aliphatic rings. The summed E-state index contributed by atoms with van der Waals surface area (Å²) in [4.78, 5) is 4.42. The van der Waals surface area contributed by atoms with Gasteiger partial charge in [-0.25, -0.2) is 4.98 Å². The zero-order valence-corrected chi connectivity index (χ0v) is 14.4. The molecule has 6 heteroatoms. The Morgan fingerprint density at radius 3 is 2.47 bits per heavy atom. The number of fused-ring (bicyclic) bond motifs is 1. The van der Waals surface area contributed by atoms with Crippen molar-refractivity contribution in [2.45, 2.75) is 0 Å². The van der Waals surface area contributed by atoms with Gasteiger partial charge in [-0.15, -0.1) is 0 Å². The average Bonchev–Trinajstić information content (AvgIpc) is 2.81. The Balaban J connectivity index is 2.22. The zero-order valence-electron chi connectivity index (χ0n) is 9.32. The lowest BCUT2D eigenvalue weighted by molar-refractivity contribution is 0.467. The number of oxazole rings is 1. The molecule has 0 atom stereocenters. The van der Waals surface area contributed by atoms with Gasteiger partial charge in [0.2, 0.25) is 5.89 Å². The van der Waals surface area contributed by atoms with Gasteiger partial charge in [-0.1, -0.05) is 17.7 Å². The van der Waals surface area contributed by atoms with Crippen LogP contribution in [0.15, 0.2) is 34.7 Å². The van der Waals surface area contributed by atoms with E-state index in [9.17, 15) is 5.11 Å². The summed E-state index contributed by atoms with van der Waals surface area (Å²) in [5.74, 6) is 0.776. The maximum Gasteiger partial charge on any atom is 0.227 e. The van der Waals surface area contributed by atoms with Crippen molar-refractivity contribution in [3.8, 4) is 17.2 Å². The number of aromatic nitrogens is 1. The van der Waals surface area contributed by atoms with Gasteiger partial charge in [-0.3, -0.25) is 0 Å². The van der Waals surface area contributed by atoms with Gasteiger partial charge in [-0.05, 0) is 69.4 Å². The van der Waals surface area contributed by atoms with E-state index in [-0.39, 0.29) is 5.75 Å². The lowest BCUT2D eigenvalue weighted by atomic mass is 10.2. The Morgan fingerprint density at radius 2 is 1.84 bits per heavy atom. The average molecular weight is 497 g/mol. The van der Waals surface area contributed by atoms with Crippen LogP contribution < -0.4 is 0 Å². The second kappa shape index (κ2) is 5.10. The highest BCUT2D eigenvalue weighted by Gasteiger charge is 2.13. The van der Waals surface area contributed by atoms with Crippen LogP contribution >= 0.6 is 56.8 Å². The highest BCUT2D eigenvalue weighted by atomic mass is 127. The third-order valence-electron chi connectivity index (χ3n) is 2.63. The summed E-state index contributed by atoms with van der Waals surface area (Å²) in [6.45, 7) is 0. The Bertz CT molecular complexity index is 762. The topological polar surface area (TPSA) is 46.3 Å². The van der Waals surface area contributed by atoms with Crippen molar-refractivity contribution in [1.29, 1.82) is 0 Å². The molecular weight excluding hydrogens is 491 g/mol. The fraction of sp³-hybridized carbons (Fsp3) is 0. The second-order valence-electron chi connectivity index (χ2n) is 3.90. The minimum Gasteiger partial charge on any atom is -0.506 e. The first-order valence-corrected chi connectivity index (χ1v) is 7.83. The van der Waals surface area contributed by atoms with Crippen molar-refractivity contribution in [3.63, 3.8) is 0 Å². The van der Waals surface area contributed by atoms with Crippen LogP contribution in [0.3, 0.4) is 0 Å². The lowest BCUT2D eigenvalue weighted by Crippen LogP contribution is -1.84. The first kappa shape index (κ1) is 13.4. The summed E-state index contributed by atoms with van der Waals surface area (Å²) >= 11 is 10.2. The van der Waals surface area contributed by atoms with Crippen LogP contribution in [0.4, 0.5) is 0 Å². The summed E-state index contributed by atoms with van der Waals surface area (Å²) < 4.78 is 7.22. The molecule has 1 N–H and O–H groups in total. The molecule has 1 aromatic heterocycles. The molecule has 0 spiro atoms. The molecule has 0 saturated carbocycles. The first-order valence-electron chi connectivity index (χ1n) is 5.29. The number of hydrogen-bond acceptors (Lipinski definition) is 3. The van der Waals surface area contributed by atoms with Gasteiger partial charge in [0.05, 0.1) is 12.2 Å². The predicted octanol–water partition coefficient (Wildman–Crippen LogP) is 5.06. The molecule has 0 bridgehead atoms. The van der Waals surface area contributed by atoms with Crippen molar-refractivity contribution >= 4 is 67.9 Å². The Morgan fingerprint density at radius 1 is 1.16 bits per heavy atom. The number of benzene rings is 2. The molecule has 0 aliphatic heterocycles. The van der Waals surface area contributed by atoms with Gasteiger partial charge >= 0.3 is 0 Å². The van der Waals surface area contributed by atoms with Gasteiger partial charge in [0, 0.05) is 5.56 Å². The third kappa shape index (κ3) is 2.43. The normalized spacial score (nSPS) is 11.1.